The van der Waals surface area contributed by atoms with Crippen molar-refractivity contribution in [1.29, 1.82) is 0 Å². The van der Waals surface area contributed by atoms with E-state index in [2.05, 4.69) is 5.32 Å². The van der Waals surface area contributed by atoms with E-state index < -0.39 is 16.6 Å². The van der Waals surface area contributed by atoms with Gasteiger partial charge in [0.05, 0.1) is 29.4 Å². The number of aromatic hydroxyl groups is 2. The van der Waals surface area contributed by atoms with Crippen molar-refractivity contribution in [3.8, 4) is 17.2 Å². The fraction of sp³-hybridized carbons (Fsp3) is 0.0714. The quantitative estimate of drug-likeness (QED) is 0.452. The topological polar surface area (TPSA) is 122 Å². The Morgan fingerprint density at radius 2 is 1.91 bits per heavy atom. The lowest BCUT2D eigenvalue weighted by Crippen LogP contribution is -2.12. The minimum atomic E-state index is -0.694. The van der Waals surface area contributed by atoms with Crippen LogP contribution in [0.25, 0.3) is 0 Å². The molecule has 0 spiro atoms. The van der Waals surface area contributed by atoms with Crippen molar-refractivity contribution in [1.82, 2.24) is 0 Å². The molecule has 0 saturated heterocycles. The number of amides is 1. The van der Waals surface area contributed by atoms with Crippen LogP contribution in [0.15, 0.2) is 36.4 Å². The summed E-state index contributed by atoms with van der Waals surface area (Å²) in [6, 6.07) is 7.36. The number of carbonyl (C=O) groups excluding carboxylic acids is 1. The summed E-state index contributed by atoms with van der Waals surface area (Å²) in [5.74, 6) is -1.04. The number of benzene rings is 2. The Morgan fingerprint density at radius 3 is 2.50 bits per heavy atom. The highest BCUT2D eigenvalue weighted by molar-refractivity contribution is 6.07. The number of nitrogens with one attached hydrogen (secondary N) is 1. The van der Waals surface area contributed by atoms with E-state index in [1.165, 1.54) is 31.4 Å². The Morgan fingerprint density at radius 1 is 1.18 bits per heavy atom. The Balaban J connectivity index is 2.27. The molecule has 114 valence electrons. The van der Waals surface area contributed by atoms with Crippen molar-refractivity contribution in [3.63, 3.8) is 0 Å². The number of phenolic OH excluding ortho intramolecular Hbond substituents is 2. The number of anilines is 1. The number of non-ortho nitro benzene ring substituents is 1. The maximum atomic E-state index is 12.1. The van der Waals surface area contributed by atoms with Crippen LogP contribution in [0.4, 0.5) is 11.4 Å². The number of carbonyl (C=O) groups is 1. The first kappa shape index (κ1) is 15.1. The fourth-order valence-corrected chi connectivity index (χ4v) is 1.75. The Hall–Kier alpha value is -3.29. The zero-order chi connectivity index (χ0) is 16.3. The molecule has 0 radical (unpaired) electrons. The molecule has 1 amide bonds. The Bertz CT molecular complexity index is 744. The van der Waals surface area contributed by atoms with Crippen molar-refractivity contribution in [2.24, 2.45) is 0 Å². The van der Waals surface area contributed by atoms with Gasteiger partial charge in [-0.15, -0.1) is 0 Å². The number of nitrogens with zero attached hydrogens (tertiary/aromatic N) is 1. The molecule has 0 aliphatic carbocycles. The molecule has 0 atom stereocenters. The molecule has 2 aromatic rings. The van der Waals surface area contributed by atoms with Gasteiger partial charge in [0.2, 0.25) is 0 Å². The van der Waals surface area contributed by atoms with E-state index in [0.717, 1.165) is 12.1 Å². The van der Waals surface area contributed by atoms with Gasteiger partial charge < -0.3 is 20.3 Å². The minimum Gasteiger partial charge on any atom is -0.507 e. The number of rotatable bonds is 4. The van der Waals surface area contributed by atoms with E-state index >= 15 is 0 Å². The number of hydrogen-bond donors (Lipinski definition) is 3. The number of hydrogen-bond acceptors (Lipinski definition) is 6. The molecule has 2 rings (SSSR count). The van der Waals surface area contributed by atoms with Gasteiger partial charge in [0.15, 0.2) is 0 Å². The zero-order valence-corrected chi connectivity index (χ0v) is 11.4. The third kappa shape index (κ3) is 3.06. The normalized spacial score (nSPS) is 10.0. The molecule has 0 aromatic heterocycles. The smallest absolute Gasteiger partial charge is 0.273 e. The maximum Gasteiger partial charge on any atom is 0.273 e. The average molecular weight is 304 g/mol. The predicted molar refractivity (Wildman–Crippen MR) is 77.4 cm³/mol. The first-order valence-electron chi connectivity index (χ1n) is 6.08. The summed E-state index contributed by atoms with van der Waals surface area (Å²) in [5.41, 5.74) is -0.380. The molecular formula is C14H12N2O6. The summed E-state index contributed by atoms with van der Waals surface area (Å²) < 4.78 is 4.96. The monoisotopic (exact) mass is 304 g/mol. The molecular weight excluding hydrogens is 292 g/mol. The van der Waals surface area contributed by atoms with Crippen LogP contribution in [0, 0.1) is 10.1 Å². The average Bonchev–Trinajstić information content (AvgIpc) is 2.49. The number of ether oxygens (including phenoxy) is 1. The van der Waals surface area contributed by atoms with Crippen LogP contribution in [0.1, 0.15) is 10.4 Å². The first-order chi connectivity index (χ1) is 10.4. The molecule has 3 N–H and O–H groups in total. The van der Waals surface area contributed by atoms with Crippen molar-refractivity contribution in [2.45, 2.75) is 0 Å². The second kappa shape index (κ2) is 6.00. The molecule has 22 heavy (non-hydrogen) atoms. The first-order valence-corrected chi connectivity index (χ1v) is 6.08. The molecule has 0 bridgehead atoms. The molecule has 0 saturated carbocycles. The highest BCUT2D eigenvalue weighted by Crippen LogP contribution is 2.29. The van der Waals surface area contributed by atoms with Crippen LogP contribution in [0.2, 0.25) is 0 Å². The van der Waals surface area contributed by atoms with E-state index in [1.807, 2.05) is 0 Å². The van der Waals surface area contributed by atoms with E-state index in [-0.39, 0.29) is 22.7 Å². The van der Waals surface area contributed by atoms with Crippen LogP contribution < -0.4 is 10.1 Å². The van der Waals surface area contributed by atoms with Gasteiger partial charge in [-0.25, -0.2) is 0 Å². The SMILES string of the molecule is COc1ccc(O)c(C(=O)Nc2ccc([N+](=O)[O-])cc2O)c1. The van der Waals surface area contributed by atoms with Crippen molar-refractivity contribution >= 4 is 17.3 Å². The van der Waals surface area contributed by atoms with Crippen molar-refractivity contribution < 1.29 is 24.7 Å². The minimum absolute atomic E-state index is 0.0159. The summed E-state index contributed by atoms with van der Waals surface area (Å²) in [6.07, 6.45) is 0. The number of phenols is 2. The predicted octanol–water partition coefficient (Wildman–Crippen LogP) is 2.27. The summed E-state index contributed by atoms with van der Waals surface area (Å²) >= 11 is 0. The fourth-order valence-electron chi connectivity index (χ4n) is 1.75. The summed E-state index contributed by atoms with van der Waals surface area (Å²) in [5, 5.41) is 32.3. The third-order valence-corrected chi connectivity index (χ3v) is 2.89. The summed E-state index contributed by atoms with van der Waals surface area (Å²) in [4.78, 5) is 22.0. The largest absolute Gasteiger partial charge is 0.507 e. The van der Waals surface area contributed by atoms with Crippen molar-refractivity contribution in [3.05, 3.63) is 52.1 Å². The Kier molecular flexibility index (Phi) is 4.12. The van der Waals surface area contributed by atoms with Gasteiger partial charge in [0, 0.05) is 6.07 Å². The van der Waals surface area contributed by atoms with Gasteiger partial charge in [0.25, 0.3) is 11.6 Å². The van der Waals surface area contributed by atoms with E-state index in [0.29, 0.717) is 5.75 Å². The second-order valence-corrected chi connectivity index (χ2v) is 4.30. The number of methoxy groups -OCH3 is 1. The zero-order valence-electron chi connectivity index (χ0n) is 11.4. The van der Waals surface area contributed by atoms with E-state index in [4.69, 9.17) is 4.74 Å². The molecule has 8 nitrogen and oxygen atoms in total. The van der Waals surface area contributed by atoms with Gasteiger partial charge in [-0.2, -0.15) is 0 Å². The van der Waals surface area contributed by atoms with E-state index in [9.17, 15) is 25.1 Å². The van der Waals surface area contributed by atoms with Crippen LogP contribution in [-0.2, 0) is 0 Å². The van der Waals surface area contributed by atoms with Gasteiger partial charge in [-0.1, -0.05) is 0 Å². The van der Waals surface area contributed by atoms with Crippen molar-refractivity contribution in [2.75, 3.05) is 12.4 Å². The van der Waals surface area contributed by atoms with Crippen LogP contribution >= 0.6 is 0 Å². The lowest BCUT2D eigenvalue weighted by atomic mass is 10.1. The van der Waals surface area contributed by atoms with Gasteiger partial charge in [-0.05, 0) is 24.3 Å². The molecule has 0 fully saturated rings. The number of nitro benzene ring substituents is 1. The second-order valence-electron chi connectivity index (χ2n) is 4.30. The standard InChI is InChI=1S/C14H12N2O6/c1-22-9-3-5-12(17)10(7-9)14(19)15-11-4-2-8(16(20)21)6-13(11)18/h2-7,17-18H,1H3,(H,15,19). The highest BCUT2D eigenvalue weighted by atomic mass is 16.6. The Labute approximate surface area is 124 Å². The van der Waals surface area contributed by atoms with E-state index in [1.54, 1.807) is 0 Å². The lowest BCUT2D eigenvalue weighted by Gasteiger charge is -2.09. The molecule has 0 heterocycles. The summed E-state index contributed by atoms with van der Waals surface area (Å²) in [7, 11) is 1.41. The van der Waals surface area contributed by atoms with Gasteiger partial charge in [-0.3, -0.25) is 14.9 Å². The molecule has 0 aliphatic heterocycles. The van der Waals surface area contributed by atoms with Crippen LogP contribution in [0.5, 0.6) is 17.2 Å². The maximum absolute atomic E-state index is 12.1. The third-order valence-electron chi connectivity index (χ3n) is 2.89. The highest BCUT2D eigenvalue weighted by Gasteiger charge is 2.16. The summed E-state index contributed by atoms with van der Waals surface area (Å²) in [6.45, 7) is 0. The van der Waals surface area contributed by atoms with Crippen LogP contribution in [0.3, 0.4) is 0 Å². The molecule has 0 aliphatic rings. The number of nitro groups is 1. The van der Waals surface area contributed by atoms with Gasteiger partial charge >= 0.3 is 0 Å². The van der Waals surface area contributed by atoms with Crippen LogP contribution in [-0.4, -0.2) is 28.2 Å². The molecule has 0 unspecified atom stereocenters. The van der Waals surface area contributed by atoms with Gasteiger partial charge in [0.1, 0.15) is 17.2 Å². The molecule has 2 aromatic carbocycles. The molecule has 8 heteroatoms. The lowest BCUT2D eigenvalue weighted by molar-refractivity contribution is -0.384.